The van der Waals surface area contributed by atoms with Gasteiger partial charge in [-0.2, -0.15) is 13.2 Å². The van der Waals surface area contributed by atoms with Crippen molar-refractivity contribution in [2.75, 3.05) is 26.7 Å². The van der Waals surface area contributed by atoms with Crippen molar-refractivity contribution < 1.29 is 37.4 Å². The average molecular weight is 423 g/mol. The van der Waals surface area contributed by atoms with Crippen molar-refractivity contribution in [3.05, 3.63) is 0 Å². The zero-order valence-corrected chi connectivity index (χ0v) is 16.8. The minimum Gasteiger partial charge on any atom is -0.475 e. The Bertz CT molecular complexity index is 628. The lowest BCUT2D eigenvalue weighted by atomic mass is 10.0. The summed E-state index contributed by atoms with van der Waals surface area (Å²) in [6, 6.07) is 0.731. The highest BCUT2D eigenvalue weighted by atomic mass is 19.4. The van der Waals surface area contributed by atoms with Crippen molar-refractivity contribution in [1.29, 1.82) is 0 Å². The molecule has 0 saturated carbocycles. The monoisotopic (exact) mass is 423 g/mol. The molecule has 0 bridgehead atoms. The van der Waals surface area contributed by atoms with E-state index in [1.54, 1.807) is 0 Å². The first-order chi connectivity index (χ1) is 13.5. The van der Waals surface area contributed by atoms with Crippen molar-refractivity contribution in [2.24, 2.45) is 0 Å². The molecule has 0 aromatic rings. The highest BCUT2D eigenvalue weighted by Crippen LogP contribution is 2.32. The van der Waals surface area contributed by atoms with Gasteiger partial charge in [0.25, 0.3) is 0 Å². The summed E-state index contributed by atoms with van der Waals surface area (Å²) >= 11 is 0. The van der Waals surface area contributed by atoms with E-state index in [1.807, 2.05) is 9.80 Å². The number of fused-ring (bicyclic) bond motifs is 1. The molecule has 29 heavy (non-hydrogen) atoms. The van der Waals surface area contributed by atoms with Crippen LogP contribution in [0.3, 0.4) is 0 Å². The molecule has 3 fully saturated rings. The molecule has 3 saturated heterocycles. The van der Waals surface area contributed by atoms with Crippen molar-refractivity contribution >= 4 is 18.0 Å². The fourth-order valence-corrected chi connectivity index (χ4v) is 4.22. The number of carbonyl (C=O) groups is 3. The van der Waals surface area contributed by atoms with Crippen LogP contribution >= 0.6 is 0 Å². The Balaban J connectivity index is 0.000000370. The van der Waals surface area contributed by atoms with Crippen molar-refractivity contribution in [1.82, 2.24) is 14.7 Å². The summed E-state index contributed by atoms with van der Waals surface area (Å²) in [5, 5.41) is 7.12. The van der Waals surface area contributed by atoms with Gasteiger partial charge in [0.1, 0.15) is 6.04 Å². The first kappa shape index (κ1) is 23.2. The van der Waals surface area contributed by atoms with E-state index in [0.29, 0.717) is 12.5 Å². The van der Waals surface area contributed by atoms with Crippen LogP contribution in [-0.2, 0) is 14.3 Å². The molecule has 0 unspecified atom stereocenters. The molecule has 3 aliphatic rings. The third-order valence-electron chi connectivity index (χ3n) is 5.66. The van der Waals surface area contributed by atoms with Crippen LogP contribution in [0.15, 0.2) is 0 Å². The molecule has 0 radical (unpaired) electrons. The minimum atomic E-state index is -5.08. The SMILES string of the molecule is COC(=O)[C@@H]1C[C@@H](N2C[C@@H]3CCCCN3C2=O)CN1C(C)C.O=C(O)C(F)(F)F. The van der Waals surface area contributed by atoms with E-state index in [4.69, 9.17) is 14.6 Å². The second kappa shape index (κ2) is 9.19. The number of hydrogen-bond acceptors (Lipinski definition) is 5. The minimum absolute atomic E-state index is 0.129. The molecule has 0 aromatic carbocycles. The molecule has 11 heteroatoms. The van der Waals surface area contributed by atoms with Crippen LogP contribution in [0.2, 0.25) is 0 Å². The smallest absolute Gasteiger partial charge is 0.475 e. The van der Waals surface area contributed by atoms with Crippen LogP contribution in [0.5, 0.6) is 0 Å². The third kappa shape index (κ3) is 5.31. The highest BCUT2D eigenvalue weighted by Gasteiger charge is 2.47. The number of likely N-dealkylation sites (tertiary alicyclic amines) is 1. The number of methoxy groups -OCH3 is 1. The fraction of sp³-hybridized carbons (Fsp3) is 0.833. The number of ether oxygens (including phenoxy) is 1. The van der Waals surface area contributed by atoms with Crippen LogP contribution in [0.4, 0.5) is 18.0 Å². The summed E-state index contributed by atoms with van der Waals surface area (Å²) in [4.78, 5) is 39.8. The standard InChI is InChI=1S/C16H27N3O3.C2HF3O2/c1-11(2)18-10-13(8-14(18)15(20)22-3)19-9-12-6-4-5-7-17(12)16(19)21;3-2(4,5)1(6)7/h11-14H,4-10H2,1-3H3;(H,6,7)/t12-,13+,14-;/m0./s1. The second-order valence-electron chi connectivity index (χ2n) is 7.80. The summed E-state index contributed by atoms with van der Waals surface area (Å²) in [5.41, 5.74) is 0. The Morgan fingerprint density at radius 1 is 1.14 bits per heavy atom. The normalized spacial score (nSPS) is 27.6. The maximum atomic E-state index is 12.7. The molecule has 8 nitrogen and oxygen atoms in total. The van der Waals surface area contributed by atoms with Crippen LogP contribution < -0.4 is 0 Å². The van der Waals surface area contributed by atoms with Crippen molar-refractivity contribution in [2.45, 2.75) is 69.9 Å². The number of amides is 2. The van der Waals surface area contributed by atoms with E-state index in [-0.39, 0.29) is 30.1 Å². The number of piperidine rings is 1. The number of rotatable bonds is 3. The highest BCUT2D eigenvalue weighted by molar-refractivity contribution is 5.79. The van der Waals surface area contributed by atoms with Gasteiger partial charge in [0.15, 0.2) is 0 Å². The lowest BCUT2D eigenvalue weighted by Crippen LogP contribution is -2.43. The van der Waals surface area contributed by atoms with E-state index in [2.05, 4.69) is 18.7 Å². The largest absolute Gasteiger partial charge is 0.490 e. The van der Waals surface area contributed by atoms with Gasteiger partial charge in [-0.05, 0) is 39.5 Å². The van der Waals surface area contributed by atoms with E-state index in [1.165, 1.54) is 13.5 Å². The molecule has 0 aromatic heterocycles. The quantitative estimate of drug-likeness (QED) is 0.698. The van der Waals surface area contributed by atoms with Gasteiger partial charge in [0, 0.05) is 31.7 Å². The number of hydrogen-bond donors (Lipinski definition) is 1. The number of esters is 1. The van der Waals surface area contributed by atoms with Crippen molar-refractivity contribution in [3.8, 4) is 0 Å². The fourth-order valence-electron chi connectivity index (χ4n) is 4.22. The molecular formula is C18H28F3N3O5. The maximum absolute atomic E-state index is 12.7. The molecular weight excluding hydrogens is 395 g/mol. The van der Waals surface area contributed by atoms with Crippen LogP contribution in [0, 0.1) is 0 Å². The predicted molar refractivity (Wildman–Crippen MR) is 96.2 cm³/mol. The number of carbonyl (C=O) groups excluding carboxylic acids is 2. The Labute approximate surface area is 167 Å². The summed E-state index contributed by atoms with van der Waals surface area (Å²) < 4.78 is 36.7. The van der Waals surface area contributed by atoms with Gasteiger partial charge in [-0.15, -0.1) is 0 Å². The lowest BCUT2D eigenvalue weighted by molar-refractivity contribution is -0.192. The zero-order valence-electron chi connectivity index (χ0n) is 16.8. The van der Waals surface area contributed by atoms with Gasteiger partial charge in [-0.1, -0.05) is 0 Å². The zero-order chi connectivity index (χ0) is 21.9. The van der Waals surface area contributed by atoms with E-state index < -0.39 is 12.1 Å². The van der Waals surface area contributed by atoms with Crippen LogP contribution in [-0.4, -0.2) is 94.9 Å². The van der Waals surface area contributed by atoms with E-state index in [0.717, 1.165) is 32.5 Å². The summed E-state index contributed by atoms with van der Waals surface area (Å²) in [6.45, 7) is 6.66. The molecule has 3 aliphatic heterocycles. The predicted octanol–water partition coefficient (Wildman–Crippen LogP) is 1.93. The molecule has 166 valence electrons. The lowest BCUT2D eigenvalue weighted by Gasteiger charge is -2.28. The number of alkyl halides is 3. The number of aliphatic carboxylic acids is 1. The third-order valence-corrected chi connectivity index (χ3v) is 5.66. The Morgan fingerprint density at radius 2 is 1.76 bits per heavy atom. The Hall–Kier alpha value is -2.04. The van der Waals surface area contributed by atoms with Crippen molar-refractivity contribution in [3.63, 3.8) is 0 Å². The summed E-state index contributed by atoms with van der Waals surface area (Å²) in [5.74, 6) is -2.94. The van der Waals surface area contributed by atoms with Gasteiger partial charge >= 0.3 is 24.1 Å². The molecule has 3 heterocycles. The molecule has 0 spiro atoms. The van der Waals surface area contributed by atoms with E-state index >= 15 is 0 Å². The Morgan fingerprint density at radius 3 is 2.24 bits per heavy atom. The van der Waals surface area contributed by atoms with Gasteiger partial charge in [0.05, 0.1) is 13.2 Å². The number of nitrogens with zero attached hydrogens (tertiary/aromatic N) is 3. The summed E-state index contributed by atoms with van der Waals surface area (Å²) in [6.07, 6.45) is -0.944. The molecule has 0 aliphatic carbocycles. The van der Waals surface area contributed by atoms with Crippen LogP contribution in [0.25, 0.3) is 0 Å². The molecule has 2 amide bonds. The van der Waals surface area contributed by atoms with Gasteiger partial charge in [0.2, 0.25) is 0 Å². The average Bonchev–Trinajstić information content (AvgIpc) is 3.23. The van der Waals surface area contributed by atoms with Gasteiger partial charge < -0.3 is 19.6 Å². The Kier molecular flexibility index (Phi) is 7.36. The number of carboxylic acids is 1. The first-order valence-electron chi connectivity index (χ1n) is 9.68. The van der Waals surface area contributed by atoms with Crippen LogP contribution in [0.1, 0.15) is 39.5 Å². The molecule has 3 rings (SSSR count). The number of carboxylic acid groups (broad SMARTS) is 1. The second-order valence-corrected chi connectivity index (χ2v) is 7.80. The maximum Gasteiger partial charge on any atom is 0.490 e. The first-order valence-corrected chi connectivity index (χ1v) is 9.68. The number of urea groups is 1. The molecule has 1 N–H and O–H groups in total. The van der Waals surface area contributed by atoms with Gasteiger partial charge in [-0.3, -0.25) is 9.69 Å². The van der Waals surface area contributed by atoms with E-state index in [9.17, 15) is 22.8 Å². The molecule has 3 atom stereocenters. The van der Waals surface area contributed by atoms with Gasteiger partial charge in [-0.25, -0.2) is 9.59 Å². The summed E-state index contributed by atoms with van der Waals surface area (Å²) in [7, 11) is 1.44. The topological polar surface area (TPSA) is 90.4 Å². The number of halogens is 3.